The van der Waals surface area contributed by atoms with Crippen LogP contribution >= 0.6 is 0 Å². The molecule has 0 saturated carbocycles. The molecular weight excluding hydrogens is 767 g/mol. The number of carbonyl (C=O) groups is 2. The van der Waals surface area contributed by atoms with Crippen molar-refractivity contribution < 1.29 is 24.5 Å². The Morgan fingerprint density at radius 1 is 0.468 bits per heavy atom. The fraction of sp³-hybridized carbons (Fsp3) is 0.893. The average Bonchev–Trinajstić information content (AvgIpc) is 3.26. The predicted octanol–water partition coefficient (Wildman–Crippen LogP) is 16.7. The van der Waals surface area contributed by atoms with Crippen LogP contribution in [0.1, 0.15) is 297 Å². The molecule has 0 radical (unpaired) electrons. The molecule has 0 aliphatic carbocycles. The fourth-order valence-electron chi connectivity index (χ4n) is 8.60. The summed E-state index contributed by atoms with van der Waals surface area (Å²) >= 11 is 0. The van der Waals surface area contributed by atoms with Crippen molar-refractivity contribution in [2.24, 2.45) is 0 Å². The zero-order valence-corrected chi connectivity index (χ0v) is 41.8. The molecule has 3 unspecified atom stereocenters. The van der Waals surface area contributed by atoms with Crippen molar-refractivity contribution >= 4 is 11.9 Å². The number of carbonyl (C=O) groups excluding carboxylic acids is 2. The number of allylic oxidation sites excluding steroid dienone is 4. The second kappa shape index (κ2) is 50.3. The number of nitrogens with one attached hydrogen (secondary N) is 1. The van der Waals surface area contributed by atoms with Gasteiger partial charge in [-0.25, -0.2) is 0 Å². The number of unbranched alkanes of at least 4 members (excludes halogenated alkanes) is 35. The van der Waals surface area contributed by atoms with Gasteiger partial charge in [0, 0.05) is 6.42 Å². The molecule has 0 fully saturated rings. The zero-order valence-electron chi connectivity index (χ0n) is 41.8. The zero-order chi connectivity index (χ0) is 45.2. The third-order valence-corrected chi connectivity index (χ3v) is 12.8. The van der Waals surface area contributed by atoms with Crippen molar-refractivity contribution in [3.63, 3.8) is 0 Å². The number of hydrogen-bond donors (Lipinski definition) is 3. The Kier molecular flexibility index (Phi) is 49.0. The van der Waals surface area contributed by atoms with Crippen LogP contribution in [-0.4, -0.2) is 46.9 Å². The normalized spacial score (nSPS) is 13.3. The van der Waals surface area contributed by atoms with Crippen LogP contribution in [0.15, 0.2) is 24.3 Å². The monoisotopic (exact) mass is 874 g/mol. The van der Waals surface area contributed by atoms with E-state index in [0.717, 1.165) is 64.2 Å². The molecule has 0 saturated heterocycles. The first-order valence-corrected chi connectivity index (χ1v) is 27.6. The van der Waals surface area contributed by atoms with Gasteiger partial charge in [0.15, 0.2) is 0 Å². The Morgan fingerprint density at radius 3 is 1.21 bits per heavy atom. The van der Waals surface area contributed by atoms with E-state index in [4.69, 9.17) is 4.74 Å². The summed E-state index contributed by atoms with van der Waals surface area (Å²) in [4.78, 5) is 26.2. The van der Waals surface area contributed by atoms with E-state index in [1.165, 1.54) is 186 Å². The van der Waals surface area contributed by atoms with Gasteiger partial charge in [0.25, 0.3) is 0 Å². The number of aliphatic hydroxyl groups excluding tert-OH is 2. The van der Waals surface area contributed by atoms with E-state index in [1.807, 2.05) is 0 Å². The number of esters is 1. The molecule has 0 aromatic rings. The lowest BCUT2D eigenvalue weighted by atomic mass is 10.0. The van der Waals surface area contributed by atoms with E-state index in [-0.39, 0.29) is 24.9 Å². The van der Waals surface area contributed by atoms with Gasteiger partial charge < -0.3 is 20.3 Å². The topological polar surface area (TPSA) is 95.9 Å². The van der Waals surface area contributed by atoms with Crippen LogP contribution in [0.4, 0.5) is 0 Å². The summed E-state index contributed by atoms with van der Waals surface area (Å²) in [6.07, 6.45) is 58.1. The van der Waals surface area contributed by atoms with Crippen LogP contribution in [0.2, 0.25) is 0 Å². The third-order valence-electron chi connectivity index (χ3n) is 12.8. The van der Waals surface area contributed by atoms with Gasteiger partial charge >= 0.3 is 5.97 Å². The van der Waals surface area contributed by atoms with Gasteiger partial charge in [-0.3, -0.25) is 9.59 Å². The molecule has 0 bridgehead atoms. The molecule has 3 atom stereocenters. The maximum atomic E-state index is 13.2. The van der Waals surface area contributed by atoms with E-state index in [2.05, 4.69) is 50.4 Å². The SMILES string of the molecule is CCCCCCCCC/C=C/C=C/CCCCCC(CC(=O)NC(CO)C(O)CCCCCCCCCCCCCCCCCC)OC(=O)CCCCCCCCCCCCC. The molecule has 6 nitrogen and oxygen atoms in total. The van der Waals surface area contributed by atoms with E-state index >= 15 is 0 Å². The van der Waals surface area contributed by atoms with Gasteiger partial charge in [0.1, 0.15) is 6.10 Å². The van der Waals surface area contributed by atoms with Crippen LogP contribution in [0.25, 0.3) is 0 Å². The molecular formula is C56H107NO5. The Balaban J connectivity index is 4.54. The summed E-state index contributed by atoms with van der Waals surface area (Å²) < 4.78 is 5.93. The summed E-state index contributed by atoms with van der Waals surface area (Å²) in [5, 5.41) is 23.8. The molecule has 0 aliphatic heterocycles. The van der Waals surface area contributed by atoms with Gasteiger partial charge in [0.05, 0.1) is 25.2 Å². The van der Waals surface area contributed by atoms with Crippen molar-refractivity contribution in [3.05, 3.63) is 24.3 Å². The molecule has 366 valence electrons. The second-order valence-corrected chi connectivity index (χ2v) is 19.0. The molecule has 0 aromatic heterocycles. The standard InChI is InChI=1S/C56H107NO5/c1-4-7-10-13-16-19-22-24-26-28-30-33-35-38-41-44-47-52(62-56(61)49-46-43-40-37-32-21-18-15-12-9-6-3)50-55(60)57-53(51-58)54(59)48-45-42-39-36-34-31-29-27-25-23-20-17-14-11-8-5-2/h26,28,30,33,52-54,58-59H,4-25,27,29,31-32,34-51H2,1-3H3,(H,57,60)/b28-26+,33-30+. The van der Waals surface area contributed by atoms with Crippen LogP contribution in [0.5, 0.6) is 0 Å². The number of hydrogen-bond acceptors (Lipinski definition) is 5. The maximum absolute atomic E-state index is 13.2. The number of aliphatic hydroxyl groups is 2. The molecule has 3 N–H and O–H groups in total. The average molecular weight is 874 g/mol. The van der Waals surface area contributed by atoms with Crippen molar-refractivity contribution in [3.8, 4) is 0 Å². The Morgan fingerprint density at radius 2 is 0.806 bits per heavy atom. The Hall–Kier alpha value is -1.66. The Labute approximate surface area is 386 Å². The number of rotatable bonds is 50. The first kappa shape index (κ1) is 60.3. The van der Waals surface area contributed by atoms with Crippen LogP contribution < -0.4 is 5.32 Å². The molecule has 0 heterocycles. The minimum Gasteiger partial charge on any atom is -0.462 e. The lowest BCUT2D eigenvalue weighted by molar-refractivity contribution is -0.151. The van der Waals surface area contributed by atoms with Crippen LogP contribution in [0, 0.1) is 0 Å². The van der Waals surface area contributed by atoms with E-state index < -0.39 is 18.2 Å². The second-order valence-electron chi connectivity index (χ2n) is 19.0. The van der Waals surface area contributed by atoms with E-state index in [0.29, 0.717) is 19.3 Å². The highest BCUT2D eigenvalue weighted by molar-refractivity contribution is 5.77. The highest BCUT2D eigenvalue weighted by atomic mass is 16.5. The molecule has 0 aromatic carbocycles. The van der Waals surface area contributed by atoms with Gasteiger partial charge in [0.2, 0.25) is 5.91 Å². The third kappa shape index (κ3) is 44.9. The number of amides is 1. The van der Waals surface area contributed by atoms with Gasteiger partial charge in [-0.1, -0.05) is 257 Å². The molecule has 62 heavy (non-hydrogen) atoms. The molecule has 0 rings (SSSR count). The fourth-order valence-corrected chi connectivity index (χ4v) is 8.60. The van der Waals surface area contributed by atoms with Crippen molar-refractivity contribution in [2.45, 2.75) is 315 Å². The summed E-state index contributed by atoms with van der Waals surface area (Å²) in [6, 6.07) is -0.706. The highest BCUT2D eigenvalue weighted by Crippen LogP contribution is 2.18. The van der Waals surface area contributed by atoms with Crippen molar-refractivity contribution in [1.29, 1.82) is 0 Å². The summed E-state index contributed by atoms with van der Waals surface area (Å²) in [5.74, 6) is -0.485. The van der Waals surface area contributed by atoms with E-state index in [1.54, 1.807) is 0 Å². The lowest BCUT2D eigenvalue weighted by Gasteiger charge is -2.24. The predicted molar refractivity (Wildman–Crippen MR) is 269 cm³/mol. The van der Waals surface area contributed by atoms with Gasteiger partial charge in [-0.05, 0) is 51.4 Å². The van der Waals surface area contributed by atoms with Gasteiger partial charge in [-0.2, -0.15) is 0 Å². The minimum absolute atomic E-state index is 0.0652. The van der Waals surface area contributed by atoms with Gasteiger partial charge in [-0.15, -0.1) is 0 Å². The summed E-state index contributed by atoms with van der Waals surface area (Å²) in [7, 11) is 0. The minimum atomic E-state index is -0.791. The van der Waals surface area contributed by atoms with E-state index in [9.17, 15) is 19.8 Å². The quantitative estimate of drug-likeness (QED) is 0.0321. The van der Waals surface area contributed by atoms with Crippen molar-refractivity contribution in [2.75, 3.05) is 6.61 Å². The lowest BCUT2D eigenvalue weighted by Crippen LogP contribution is -2.46. The summed E-state index contributed by atoms with van der Waals surface area (Å²) in [5.41, 5.74) is 0. The first-order chi connectivity index (χ1) is 30.5. The molecule has 0 aliphatic rings. The van der Waals surface area contributed by atoms with Crippen LogP contribution in [0.3, 0.4) is 0 Å². The van der Waals surface area contributed by atoms with Crippen LogP contribution in [-0.2, 0) is 14.3 Å². The molecule has 0 spiro atoms. The largest absolute Gasteiger partial charge is 0.462 e. The van der Waals surface area contributed by atoms with Crippen molar-refractivity contribution in [1.82, 2.24) is 5.32 Å². The highest BCUT2D eigenvalue weighted by Gasteiger charge is 2.24. The Bertz CT molecular complexity index is 981. The molecule has 6 heteroatoms. The number of ether oxygens (including phenoxy) is 1. The maximum Gasteiger partial charge on any atom is 0.306 e. The first-order valence-electron chi connectivity index (χ1n) is 27.6. The smallest absolute Gasteiger partial charge is 0.306 e. The molecule has 1 amide bonds. The summed E-state index contributed by atoms with van der Waals surface area (Å²) in [6.45, 7) is 6.49.